The molecular formula is C34H20N4. The summed E-state index contributed by atoms with van der Waals surface area (Å²) in [6, 6.07) is 43.4. The largest absolute Gasteiger partial charge is 0.192 e. The predicted molar refractivity (Wildman–Crippen MR) is 149 cm³/mol. The van der Waals surface area contributed by atoms with Crippen molar-refractivity contribution in [1.82, 2.24) is 0 Å². The highest BCUT2D eigenvalue weighted by Gasteiger charge is 2.16. The van der Waals surface area contributed by atoms with Crippen molar-refractivity contribution in [1.29, 1.82) is 21.0 Å². The predicted octanol–water partition coefficient (Wildman–Crippen LogP) is 7.56. The van der Waals surface area contributed by atoms with E-state index in [9.17, 15) is 0 Å². The summed E-state index contributed by atoms with van der Waals surface area (Å²) in [6.45, 7) is 0. The van der Waals surface area contributed by atoms with Crippen molar-refractivity contribution in [2.75, 3.05) is 0 Å². The van der Waals surface area contributed by atoms with Gasteiger partial charge in [0, 0.05) is 0 Å². The van der Waals surface area contributed by atoms with Gasteiger partial charge in [-0.2, -0.15) is 21.0 Å². The first-order chi connectivity index (χ1) is 18.7. The first-order valence-electron chi connectivity index (χ1n) is 11.8. The van der Waals surface area contributed by atoms with Gasteiger partial charge in [0.15, 0.2) is 0 Å². The molecule has 176 valence electrons. The molecule has 38 heavy (non-hydrogen) atoms. The second kappa shape index (κ2) is 12.2. The Bertz CT molecular complexity index is 1530. The molecule has 0 spiro atoms. The SMILES string of the molecule is N#CC(C#N)=Cc1ccc(/C(=C(\c2ccccc2)c2ccc(C=C(C#N)C#N)cc2)c2ccccc2)cc1. The van der Waals surface area contributed by atoms with Crippen LogP contribution in [0.5, 0.6) is 0 Å². The van der Waals surface area contributed by atoms with E-state index in [1.807, 2.05) is 109 Å². The molecule has 0 aromatic heterocycles. The third-order valence-electron chi connectivity index (χ3n) is 5.88. The van der Waals surface area contributed by atoms with Gasteiger partial charge in [-0.15, -0.1) is 0 Å². The number of nitrogens with zero attached hydrogens (tertiary/aromatic N) is 4. The summed E-state index contributed by atoms with van der Waals surface area (Å²) in [5, 5.41) is 36.5. The molecule has 0 aliphatic heterocycles. The molecule has 0 fully saturated rings. The highest BCUT2D eigenvalue weighted by atomic mass is 14.3. The summed E-state index contributed by atoms with van der Waals surface area (Å²) in [4.78, 5) is 0. The summed E-state index contributed by atoms with van der Waals surface area (Å²) in [6.07, 6.45) is 3.13. The van der Waals surface area contributed by atoms with Crippen LogP contribution in [-0.4, -0.2) is 0 Å². The van der Waals surface area contributed by atoms with Gasteiger partial charge in [-0.3, -0.25) is 0 Å². The Morgan fingerprint density at radius 2 is 0.684 bits per heavy atom. The second-order valence-corrected chi connectivity index (χ2v) is 8.29. The Hall–Kier alpha value is -5.94. The van der Waals surface area contributed by atoms with Crippen molar-refractivity contribution in [3.05, 3.63) is 154 Å². The normalized spacial score (nSPS) is 10.4. The maximum atomic E-state index is 9.12. The number of hydrogen-bond donors (Lipinski definition) is 0. The molecule has 4 nitrogen and oxygen atoms in total. The Balaban J connectivity index is 1.96. The smallest absolute Gasteiger partial charge is 0.130 e. The first-order valence-corrected chi connectivity index (χ1v) is 11.8. The van der Waals surface area contributed by atoms with E-state index >= 15 is 0 Å². The lowest BCUT2D eigenvalue weighted by Crippen LogP contribution is -1.98. The Kier molecular flexibility index (Phi) is 8.05. The van der Waals surface area contributed by atoms with E-state index in [1.54, 1.807) is 12.2 Å². The standard InChI is InChI=1S/C34H20N4/c35-21-27(22-36)19-25-11-15-31(16-12-25)33(29-7-3-1-4-8-29)34(30-9-5-2-6-10-30)32-17-13-26(14-18-32)20-28(23-37)24-38/h1-20H/b34-33+. The summed E-state index contributed by atoms with van der Waals surface area (Å²) in [5.74, 6) is 0. The second-order valence-electron chi connectivity index (χ2n) is 8.29. The van der Waals surface area contributed by atoms with E-state index in [-0.39, 0.29) is 11.1 Å². The molecule has 4 aromatic carbocycles. The average molecular weight is 485 g/mol. The van der Waals surface area contributed by atoms with Gasteiger partial charge in [0.1, 0.15) is 35.4 Å². The molecule has 0 N–H and O–H groups in total. The highest BCUT2D eigenvalue weighted by Crippen LogP contribution is 2.37. The molecule has 0 atom stereocenters. The summed E-state index contributed by atoms with van der Waals surface area (Å²) in [7, 11) is 0. The van der Waals surface area contributed by atoms with Crippen molar-refractivity contribution in [3.63, 3.8) is 0 Å². The van der Waals surface area contributed by atoms with Crippen molar-refractivity contribution < 1.29 is 0 Å². The zero-order valence-electron chi connectivity index (χ0n) is 20.3. The summed E-state index contributed by atoms with van der Waals surface area (Å²) in [5.41, 5.74) is 7.68. The van der Waals surface area contributed by atoms with Crippen molar-refractivity contribution >= 4 is 23.3 Å². The third kappa shape index (κ3) is 5.82. The van der Waals surface area contributed by atoms with Gasteiger partial charge in [-0.1, -0.05) is 109 Å². The maximum Gasteiger partial charge on any atom is 0.130 e. The molecule has 0 bridgehead atoms. The number of hydrogen-bond acceptors (Lipinski definition) is 4. The molecule has 0 aliphatic carbocycles. The number of nitriles is 4. The zero-order valence-corrected chi connectivity index (χ0v) is 20.3. The lowest BCUT2D eigenvalue weighted by molar-refractivity contribution is 1.46. The monoisotopic (exact) mass is 484 g/mol. The lowest BCUT2D eigenvalue weighted by atomic mass is 9.85. The van der Waals surface area contributed by atoms with Crippen molar-refractivity contribution in [3.8, 4) is 24.3 Å². The highest BCUT2D eigenvalue weighted by molar-refractivity contribution is 6.04. The van der Waals surface area contributed by atoms with Gasteiger partial charge in [-0.05, 0) is 56.7 Å². The Morgan fingerprint density at radius 3 is 0.974 bits per heavy atom. The molecule has 4 rings (SSSR count). The quantitative estimate of drug-likeness (QED) is 0.208. The van der Waals surface area contributed by atoms with E-state index in [1.165, 1.54) is 0 Å². The molecule has 0 unspecified atom stereocenters. The van der Waals surface area contributed by atoms with Crippen LogP contribution in [0.3, 0.4) is 0 Å². The van der Waals surface area contributed by atoms with E-state index in [4.69, 9.17) is 21.0 Å². The van der Waals surface area contributed by atoms with E-state index < -0.39 is 0 Å². The van der Waals surface area contributed by atoms with Gasteiger partial charge < -0.3 is 0 Å². The third-order valence-corrected chi connectivity index (χ3v) is 5.88. The lowest BCUT2D eigenvalue weighted by Gasteiger charge is -2.18. The van der Waals surface area contributed by atoms with E-state index in [2.05, 4.69) is 24.3 Å². The van der Waals surface area contributed by atoms with Crippen LogP contribution in [0, 0.1) is 45.3 Å². The Labute approximate surface area is 222 Å². The van der Waals surface area contributed by atoms with Crippen LogP contribution in [0.4, 0.5) is 0 Å². The minimum absolute atomic E-state index is 0.0478. The Morgan fingerprint density at radius 1 is 0.395 bits per heavy atom. The fourth-order valence-corrected chi connectivity index (χ4v) is 4.12. The minimum Gasteiger partial charge on any atom is -0.192 e. The van der Waals surface area contributed by atoms with Crippen LogP contribution >= 0.6 is 0 Å². The van der Waals surface area contributed by atoms with E-state index in [0.717, 1.165) is 44.5 Å². The van der Waals surface area contributed by atoms with Crippen LogP contribution in [0.2, 0.25) is 0 Å². The number of rotatable bonds is 6. The van der Waals surface area contributed by atoms with Gasteiger partial charge in [-0.25, -0.2) is 0 Å². The molecule has 0 amide bonds. The molecule has 4 aromatic rings. The number of benzene rings is 4. The molecule has 0 saturated heterocycles. The molecule has 0 heterocycles. The van der Waals surface area contributed by atoms with E-state index in [0.29, 0.717) is 0 Å². The first kappa shape index (κ1) is 25.2. The van der Waals surface area contributed by atoms with Crippen molar-refractivity contribution in [2.24, 2.45) is 0 Å². The fourth-order valence-electron chi connectivity index (χ4n) is 4.12. The van der Waals surface area contributed by atoms with Gasteiger partial charge >= 0.3 is 0 Å². The van der Waals surface area contributed by atoms with Gasteiger partial charge in [0.25, 0.3) is 0 Å². The summed E-state index contributed by atoms with van der Waals surface area (Å²) < 4.78 is 0. The maximum absolute atomic E-state index is 9.12. The van der Waals surface area contributed by atoms with Gasteiger partial charge in [0.2, 0.25) is 0 Å². The molecule has 0 saturated carbocycles. The average Bonchev–Trinajstić information content (AvgIpc) is 2.99. The molecule has 0 aliphatic rings. The van der Waals surface area contributed by atoms with Crippen LogP contribution in [0.1, 0.15) is 33.4 Å². The van der Waals surface area contributed by atoms with Crippen LogP contribution < -0.4 is 0 Å². The zero-order chi connectivity index (χ0) is 26.7. The minimum atomic E-state index is 0.0478. The fraction of sp³-hybridized carbons (Fsp3) is 0. The van der Waals surface area contributed by atoms with Crippen LogP contribution in [-0.2, 0) is 0 Å². The topological polar surface area (TPSA) is 95.2 Å². The molecular weight excluding hydrogens is 464 g/mol. The van der Waals surface area contributed by atoms with Crippen LogP contribution in [0.25, 0.3) is 23.3 Å². The van der Waals surface area contributed by atoms with Gasteiger partial charge in [0.05, 0.1) is 0 Å². The molecule has 4 heteroatoms. The number of allylic oxidation sites excluding steroid dienone is 2. The summed E-state index contributed by atoms with van der Waals surface area (Å²) >= 11 is 0. The van der Waals surface area contributed by atoms with Crippen molar-refractivity contribution in [2.45, 2.75) is 0 Å². The molecule has 0 radical (unpaired) electrons. The van der Waals surface area contributed by atoms with Crippen LogP contribution in [0.15, 0.2) is 120 Å².